The van der Waals surface area contributed by atoms with Crippen LogP contribution >= 0.6 is 0 Å². The fourth-order valence-corrected chi connectivity index (χ4v) is 0.707. The van der Waals surface area contributed by atoms with Crippen molar-refractivity contribution in [3.8, 4) is 0 Å². The van der Waals surface area contributed by atoms with Crippen LogP contribution in [0.25, 0.3) is 0 Å². The first-order valence-electron chi connectivity index (χ1n) is 3.85. The van der Waals surface area contributed by atoms with E-state index < -0.39 is 0 Å². The molecule has 0 fully saturated rings. The van der Waals surface area contributed by atoms with Gasteiger partial charge in [-0.05, 0) is 6.42 Å². The van der Waals surface area contributed by atoms with Gasteiger partial charge in [0.15, 0.2) is 0 Å². The number of rotatable bonds is 3. The highest BCUT2D eigenvalue weighted by Crippen LogP contribution is 1.82. The standard InChI is InChI=1S/C7H12N4O/c1-2-3-9-10-7(12)11-5-4-8-6-11/h4-6,9H,2-3H2,1H3,(H,10,12). The SMILES string of the molecule is CCCNNC(=O)n1ccnc1. The third-order valence-corrected chi connectivity index (χ3v) is 1.31. The Morgan fingerprint density at radius 2 is 2.50 bits per heavy atom. The van der Waals surface area contributed by atoms with E-state index >= 15 is 0 Å². The molecule has 66 valence electrons. The first-order chi connectivity index (χ1) is 5.84. The Morgan fingerprint density at radius 3 is 3.08 bits per heavy atom. The summed E-state index contributed by atoms with van der Waals surface area (Å²) in [5, 5.41) is 0. The van der Waals surface area contributed by atoms with Crippen molar-refractivity contribution in [3.05, 3.63) is 18.7 Å². The molecule has 1 amide bonds. The molecule has 0 aromatic carbocycles. The molecule has 0 aliphatic carbocycles. The second-order valence-corrected chi connectivity index (χ2v) is 2.33. The van der Waals surface area contributed by atoms with Crippen molar-refractivity contribution in [2.24, 2.45) is 0 Å². The molecule has 1 aromatic heterocycles. The number of nitrogens with zero attached hydrogens (tertiary/aromatic N) is 2. The van der Waals surface area contributed by atoms with Crippen LogP contribution in [0.2, 0.25) is 0 Å². The molecular formula is C7H12N4O. The van der Waals surface area contributed by atoms with Gasteiger partial charge in [-0.25, -0.2) is 15.2 Å². The fraction of sp³-hybridized carbons (Fsp3) is 0.429. The predicted molar refractivity (Wildman–Crippen MR) is 44.5 cm³/mol. The first kappa shape index (κ1) is 8.73. The lowest BCUT2D eigenvalue weighted by molar-refractivity contribution is 0.238. The van der Waals surface area contributed by atoms with Crippen LogP contribution in [0.3, 0.4) is 0 Å². The van der Waals surface area contributed by atoms with Gasteiger partial charge < -0.3 is 0 Å². The summed E-state index contributed by atoms with van der Waals surface area (Å²) in [4.78, 5) is 14.9. The Morgan fingerprint density at radius 1 is 1.67 bits per heavy atom. The normalized spacial score (nSPS) is 9.75. The van der Waals surface area contributed by atoms with Crippen molar-refractivity contribution in [2.75, 3.05) is 6.54 Å². The Bertz CT molecular complexity index is 232. The summed E-state index contributed by atoms with van der Waals surface area (Å²) in [5.74, 6) is 0. The minimum atomic E-state index is -0.221. The molecule has 5 heteroatoms. The van der Waals surface area contributed by atoms with Gasteiger partial charge in [0.05, 0.1) is 0 Å². The monoisotopic (exact) mass is 168 g/mol. The Balaban J connectivity index is 2.30. The van der Waals surface area contributed by atoms with Crippen molar-refractivity contribution in [2.45, 2.75) is 13.3 Å². The van der Waals surface area contributed by atoms with E-state index in [0.717, 1.165) is 13.0 Å². The third kappa shape index (κ3) is 2.35. The first-order valence-corrected chi connectivity index (χ1v) is 3.85. The lowest BCUT2D eigenvalue weighted by atomic mass is 10.5. The van der Waals surface area contributed by atoms with Crippen molar-refractivity contribution in [1.82, 2.24) is 20.4 Å². The smallest absolute Gasteiger partial charge is 0.273 e. The van der Waals surface area contributed by atoms with Gasteiger partial charge in [0.25, 0.3) is 0 Å². The summed E-state index contributed by atoms with van der Waals surface area (Å²) in [6.45, 7) is 2.79. The predicted octanol–water partition coefficient (Wildman–Crippen LogP) is 0.355. The van der Waals surface area contributed by atoms with Crippen molar-refractivity contribution in [3.63, 3.8) is 0 Å². The van der Waals surface area contributed by atoms with Crippen LogP contribution in [-0.4, -0.2) is 22.1 Å². The second kappa shape index (κ2) is 4.50. The lowest BCUT2D eigenvalue weighted by Crippen LogP contribution is -2.39. The van der Waals surface area contributed by atoms with Crippen LogP contribution in [0.15, 0.2) is 18.7 Å². The van der Waals surface area contributed by atoms with E-state index in [1.54, 1.807) is 12.4 Å². The van der Waals surface area contributed by atoms with Crippen molar-refractivity contribution in [1.29, 1.82) is 0 Å². The minimum absolute atomic E-state index is 0.221. The van der Waals surface area contributed by atoms with Crippen LogP contribution in [0.4, 0.5) is 4.79 Å². The second-order valence-electron chi connectivity index (χ2n) is 2.33. The quantitative estimate of drug-likeness (QED) is 0.506. The van der Waals surface area contributed by atoms with E-state index in [2.05, 4.69) is 15.8 Å². The molecule has 0 aliphatic rings. The molecule has 1 aromatic rings. The summed E-state index contributed by atoms with van der Waals surface area (Å²) in [5.41, 5.74) is 5.29. The Labute approximate surface area is 70.8 Å². The van der Waals surface area contributed by atoms with Gasteiger partial charge in [-0.1, -0.05) is 6.92 Å². The van der Waals surface area contributed by atoms with Gasteiger partial charge >= 0.3 is 6.03 Å². The highest BCUT2D eigenvalue weighted by atomic mass is 16.2. The third-order valence-electron chi connectivity index (χ3n) is 1.31. The largest absolute Gasteiger partial charge is 0.341 e. The van der Waals surface area contributed by atoms with Gasteiger partial charge in [-0.2, -0.15) is 0 Å². The van der Waals surface area contributed by atoms with Crippen molar-refractivity contribution >= 4 is 6.03 Å². The highest BCUT2D eigenvalue weighted by Gasteiger charge is 1.99. The Hall–Kier alpha value is -1.36. The summed E-state index contributed by atoms with van der Waals surface area (Å²) in [6.07, 6.45) is 5.57. The number of hydrazine groups is 1. The zero-order chi connectivity index (χ0) is 8.81. The lowest BCUT2D eigenvalue weighted by Gasteiger charge is -2.04. The van der Waals surface area contributed by atoms with E-state index in [0.29, 0.717) is 0 Å². The molecule has 12 heavy (non-hydrogen) atoms. The maximum Gasteiger partial charge on any atom is 0.341 e. The van der Waals surface area contributed by atoms with E-state index in [4.69, 9.17) is 0 Å². The van der Waals surface area contributed by atoms with E-state index in [-0.39, 0.29) is 6.03 Å². The summed E-state index contributed by atoms with van der Waals surface area (Å²) in [7, 11) is 0. The number of aromatic nitrogens is 2. The molecule has 5 nitrogen and oxygen atoms in total. The van der Waals surface area contributed by atoms with Gasteiger partial charge in [0.2, 0.25) is 0 Å². The maximum absolute atomic E-state index is 11.1. The molecule has 1 heterocycles. The minimum Gasteiger partial charge on any atom is -0.273 e. The summed E-state index contributed by atoms with van der Waals surface area (Å²) >= 11 is 0. The molecule has 0 unspecified atom stereocenters. The van der Waals surface area contributed by atoms with Crippen molar-refractivity contribution < 1.29 is 4.79 Å². The topological polar surface area (TPSA) is 58.9 Å². The zero-order valence-electron chi connectivity index (χ0n) is 6.95. The average Bonchev–Trinajstić information content (AvgIpc) is 2.56. The van der Waals surface area contributed by atoms with E-state index in [1.807, 2.05) is 6.92 Å². The number of hydrogen-bond donors (Lipinski definition) is 2. The van der Waals surface area contributed by atoms with Crippen LogP contribution in [0.1, 0.15) is 13.3 Å². The summed E-state index contributed by atoms with van der Waals surface area (Å²) in [6, 6.07) is -0.221. The number of hydrogen-bond acceptors (Lipinski definition) is 3. The zero-order valence-corrected chi connectivity index (χ0v) is 6.95. The van der Waals surface area contributed by atoms with Crippen LogP contribution in [0, 0.1) is 0 Å². The number of imidazole rings is 1. The maximum atomic E-state index is 11.1. The highest BCUT2D eigenvalue weighted by molar-refractivity contribution is 5.75. The molecule has 1 rings (SSSR count). The molecule has 0 bridgehead atoms. The molecule has 0 saturated heterocycles. The van der Waals surface area contributed by atoms with Gasteiger partial charge in [-0.3, -0.25) is 9.99 Å². The molecule has 2 N–H and O–H groups in total. The molecule has 0 spiro atoms. The molecule has 0 radical (unpaired) electrons. The molecule has 0 atom stereocenters. The van der Waals surface area contributed by atoms with Gasteiger partial charge in [0.1, 0.15) is 6.33 Å². The fourth-order valence-electron chi connectivity index (χ4n) is 0.707. The molecule has 0 aliphatic heterocycles. The molecule has 0 saturated carbocycles. The van der Waals surface area contributed by atoms with Crippen LogP contribution in [-0.2, 0) is 0 Å². The van der Waals surface area contributed by atoms with E-state index in [1.165, 1.54) is 10.9 Å². The van der Waals surface area contributed by atoms with Crippen LogP contribution < -0.4 is 10.9 Å². The molecular weight excluding hydrogens is 156 g/mol. The van der Waals surface area contributed by atoms with E-state index in [9.17, 15) is 4.79 Å². The average molecular weight is 168 g/mol. The van der Waals surface area contributed by atoms with Crippen LogP contribution in [0.5, 0.6) is 0 Å². The number of carbonyl (C=O) groups is 1. The summed E-state index contributed by atoms with van der Waals surface area (Å²) < 4.78 is 1.36. The van der Waals surface area contributed by atoms with Gasteiger partial charge in [-0.15, -0.1) is 0 Å². The number of nitrogens with one attached hydrogen (secondary N) is 2. The number of carbonyl (C=O) groups excluding carboxylic acids is 1. The Kier molecular flexibility index (Phi) is 3.28. The van der Waals surface area contributed by atoms with Gasteiger partial charge in [0, 0.05) is 18.9 Å². The number of amides is 1.